The van der Waals surface area contributed by atoms with E-state index in [9.17, 15) is 13.9 Å². The van der Waals surface area contributed by atoms with E-state index in [1.807, 2.05) is 6.92 Å². The lowest BCUT2D eigenvalue weighted by molar-refractivity contribution is -0.140. The molecule has 1 saturated carbocycles. The summed E-state index contributed by atoms with van der Waals surface area (Å²) in [5.74, 6) is -2.67. The molecule has 0 aromatic rings. The Bertz CT molecular complexity index is 154. The van der Waals surface area contributed by atoms with Gasteiger partial charge in [0.2, 0.25) is 0 Å². The smallest absolute Gasteiger partial charge is 0.250 e. The summed E-state index contributed by atoms with van der Waals surface area (Å²) in [6.07, 6.45) is -0.0501. The van der Waals surface area contributed by atoms with Crippen molar-refractivity contribution in [1.29, 1.82) is 0 Å². The van der Waals surface area contributed by atoms with E-state index >= 15 is 0 Å². The molecule has 1 aliphatic rings. The molecule has 0 saturated heterocycles. The number of aliphatic hydroxyl groups is 1. The monoisotopic (exact) mass is 164 g/mol. The summed E-state index contributed by atoms with van der Waals surface area (Å²) in [5.41, 5.74) is -1.18. The van der Waals surface area contributed by atoms with Crippen molar-refractivity contribution in [2.24, 2.45) is 5.92 Å². The molecule has 0 unspecified atom stereocenters. The van der Waals surface area contributed by atoms with E-state index < -0.39 is 11.5 Å². The van der Waals surface area contributed by atoms with Crippen LogP contribution >= 0.6 is 0 Å². The average Bonchev–Trinajstić information content (AvgIpc) is 1.77. The predicted molar refractivity (Wildman–Crippen MR) is 38.6 cm³/mol. The normalized spacial score (nSPS) is 43.9. The van der Waals surface area contributed by atoms with Gasteiger partial charge in [0.1, 0.15) is 0 Å². The maximum absolute atomic E-state index is 12.7. The first-order valence-electron chi connectivity index (χ1n) is 3.94. The Morgan fingerprint density at radius 1 is 1.45 bits per heavy atom. The lowest BCUT2D eigenvalue weighted by Gasteiger charge is -2.38. The van der Waals surface area contributed by atoms with Crippen LogP contribution in [0.15, 0.2) is 0 Å². The molecule has 66 valence electrons. The van der Waals surface area contributed by atoms with E-state index in [4.69, 9.17) is 0 Å². The van der Waals surface area contributed by atoms with Crippen molar-refractivity contribution in [3.05, 3.63) is 0 Å². The zero-order valence-corrected chi connectivity index (χ0v) is 6.90. The van der Waals surface area contributed by atoms with Gasteiger partial charge in [0.15, 0.2) is 0 Å². The second kappa shape index (κ2) is 2.41. The largest absolute Gasteiger partial charge is 0.390 e. The third-order valence-corrected chi connectivity index (χ3v) is 2.62. The predicted octanol–water partition coefficient (Wildman–Crippen LogP) is 2.19. The molecule has 0 amide bonds. The first-order valence-corrected chi connectivity index (χ1v) is 3.94. The highest BCUT2D eigenvalue weighted by molar-refractivity contribution is 4.91. The van der Waals surface area contributed by atoms with Crippen molar-refractivity contribution >= 4 is 0 Å². The second-order valence-electron chi connectivity index (χ2n) is 3.83. The van der Waals surface area contributed by atoms with Gasteiger partial charge in [-0.05, 0) is 19.3 Å². The molecule has 0 aliphatic heterocycles. The van der Waals surface area contributed by atoms with E-state index in [0.717, 1.165) is 0 Å². The quantitative estimate of drug-likeness (QED) is 0.582. The van der Waals surface area contributed by atoms with E-state index in [0.29, 0.717) is 6.42 Å². The summed E-state index contributed by atoms with van der Waals surface area (Å²) >= 11 is 0. The van der Waals surface area contributed by atoms with Crippen molar-refractivity contribution in [3.63, 3.8) is 0 Å². The Morgan fingerprint density at radius 2 is 2.00 bits per heavy atom. The summed E-state index contributed by atoms with van der Waals surface area (Å²) in [5, 5.41) is 9.50. The molecule has 0 radical (unpaired) electrons. The van der Waals surface area contributed by atoms with Crippen LogP contribution in [0.2, 0.25) is 0 Å². The lowest BCUT2D eigenvalue weighted by atomic mass is 9.76. The number of hydrogen-bond acceptors (Lipinski definition) is 1. The fourth-order valence-electron chi connectivity index (χ4n) is 1.52. The van der Waals surface area contributed by atoms with Crippen LogP contribution in [0, 0.1) is 5.92 Å². The average molecular weight is 164 g/mol. The maximum Gasteiger partial charge on any atom is 0.250 e. The fraction of sp³-hybridized carbons (Fsp3) is 1.00. The number of alkyl halides is 2. The minimum atomic E-state index is -2.66. The molecule has 0 aromatic carbocycles. The maximum atomic E-state index is 12.7. The van der Waals surface area contributed by atoms with Gasteiger partial charge in [0.05, 0.1) is 5.60 Å². The van der Waals surface area contributed by atoms with Crippen LogP contribution in [0.1, 0.15) is 33.1 Å². The van der Waals surface area contributed by atoms with Crippen molar-refractivity contribution in [1.82, 2.24) is 0 Å². The Kier molecular flexibility index (Phi) is 1.95. The molecular formula is C8H14F2O. The van der Waals surface area contributed by atoms with E-state index in [2.05, 4.69) is 0 Å². The van der Waals surface area contributed by atoms with Gasteiger partial charge < -0.3 is 5.11 Å². The topological polar surface area (TPSA) is 20.2 Å². The molecule has 1 aliphatic carbocycles. The molecule has 1 fully saturated rings. The molecule has 1 nitrogen and oxygen atoms in total. The Morgan fingerprint density at radius 3 is 2.36 bits per heavy atom. The van der Waals surface area contributed by atoms with Crippen LogP contribution in [0.4, 0.5) is 8.78 Å². The van der Waals surface area contributed by atoms with Crippen molar-refractivity contribution < 1.29 is 13.9 Å². The summed E-state index contributed by atoms with van der Waals surface area (Å²) in [7, 11) is 0. The van der Waals surface area contributed by atoms with Gasteiger partial charge >= 0.3 is 0 Å². The van der Waals surface area contributed by atoms with Gasteiger partial charge in [-0.25, -0.2) is 8.78 Å². The van der Waals surface area contributed by atoms with Crippen molar-refractivity contribution in [2.45, 2.75) is 44.6 Å². The summed E-state index contributed by atoms with van der Waals surface area (Å²) < 4.78 is 25.4. The molecule has 11 heavy (non-hydrogen) atoms. The third-order valence-electron chi connectivity index (χ3n) is 2.62. The number of halogens is 2. The minimum Gasteiger partial charge on any atom is -0.390 e. The number of hydrogen-bond donors (Lipinski definition) is 1. The summed E-state index contributed by atoms with van der Waals surface area (Å²) in [6.45, 7) is 3.31. The first-order chi connectivity index (χ1) is 4.83. The fourth-order valence-corrected chi connectivity index (χ4v) is 1.52. The molecule has 0 heterocycles. The Balaban J connectivity index is 2.67. The van der Waals surface area contributed by atoms with Gasteiger partial charge in [-0.3, -0.25) is 0 Å². The van der Waals surface area contributed by atoms with Gasteiger partial charge in [-0.2, -0.15) is 0 Å². The highest BCUT2D eigenvalue weighted by Gasteiger charge is 2.45. The van der Waals surface area contributed by atoms with Crippen LogP contribution < -0.4 is 0 Å². The van der Waals surface area contributed by atoms with Crippen LogP contribution in [0.3, 0.4) is 0 Å². The van der Waals surface area contributed by atoms with E-state index in [1.54, 1.807) is 0 Å². The van der Waals surface area contributed by atoms with E-state index in [-0.39, 0.29) is 18.8 Å². The zero-order valence-electron chi connectivity index (χ0n) is 6.90. The summed E-state index contributed by atoms with van der Waals surface area (Å²) in [4.78, 5) is 0. The lowest BCUT2D eigenvalue weighted by Crippen LogP contribution is -2.44. The molecule has 0 bridgehead atoms. The zero-order chi connectivity index (χ0) is 8.70. The minimum absolute atomic E-state index is 0.0119. The van der Waals surface area contributed by atoms with Crippen molar-refractivity contribution in [3.8, 4) is 0 Å². The van der Waals surface area contributed by atoms with E-state index in [1.165, 1.54) is 6.92 Å². The highest BCUT2D eigenvalue weighted by Crippen LogP contribution is 2.41. The van der Waals surface area contributed by atoms with Gasteiger partial charge in [-0.1, -0.05) is 6.92 Å². The van der Waals surface area contributed by atoms with Crippen molar-refractivity contribution in [2.75, 3.05) is 0 Å². The van der Waals surface area contributed by atoms with Crippen LogP contribution in [0.25, 0.3) is 0 Å². The second-order valence-corrected chi connectivity index (χ2v) is 3.83. The van der Waals surface area contributed by atoms with Gasteiger partial charge in [0.25, 0.3) is 5.92 Å². The SMILES string of the molecule is C[C@H]1CCC(F)(F)C[C@@]1(C)O. The molecule has 1 rings (SSSR count). The summed E-state index contributed by atoms with van der Waals surface area (Å²) in [6, 6.07) is 0. The first kappa shape index (κ1) is 8.91. The molecule has 0 spiro atoms. The Labute approximate surface area is 65.4 Å². The molecule has 0 aromatic heterocycles. The van der Waals surface area contributed by atoms with Crippen LogP contribution in [-0.4, -0.2) is 16.6 Å². The van der Waals surface area contributed by atoms with Gasteiger partial charge in [0, 0.05) is 12.8 Å². The van der Waals surface area contributed by atoms with Crippen LogP contribution in [-0.2, 0) is 0 Å². The Hall–Kier alpha value is -0.180. The standard InChI is InChI=1S/C8H14F2O/c1-6-3-4-8(9,10)5-7(6,2)11/h6,11H,3-5H2,1-2H3/t6-,7+/m0/s1. The van der Waals surface area contributed by atoms with Crippen LogP contribution in [0.5, 0.6) is 0 Å². The third kappa shape index (κ3) is 1.89. The number of rotatable bonds is 0. The molecular weight excluding hydrogens is 150 g/mol. The van der Waals surface area contributed by atoms with Gasteiger partial charge in [-0.15, -0.1) is 0 Å². The highest BCUT2D eigenvalue weighted by atomic mass is 19.3. The molecule has 2 atom stereocenters. The molecule has 1 N–H and O–H groups in total. The molecule has 3 heteroatoms.